The molecule has 0 unspecified atom stereocenters. The molecule has 0 aromatic rings. The second kappa shape index (κ2) is 2.96. The van der Waals surface area contributed by atoms with Crippen molar-refractivity contribution in [2.75, 3.05) is 7.05 Å². The van der Waals surface area contributed by atoms with Crippen LogP contribution < -0.4 is 0 Å². The molecule has 0 bridgehead atoms. The molecule has 0 spiro atoms. The summed E-state index contributed by atoms with van der Waals surface area (Å²) in [5, 5.41) is 10.3. The summed E-state index contributed by atoms with van der Waals surface area (Å²) in [6, 6.07) is 0. The summed E-state index contributed by atoms with van der Waals surface area (Å²) in [7, 11) is 1.30. The molecule has 0 rings (SSSR count). The summed E-state index contributed by atoms with van der Waals surface area (Å²) in [4.78, 5) is 4.44. The van der Waals surface area contributed by atoms with Crippen LogP contribution in [0.4, 0.5) is 0 Å². The number of rotatable bonds is 2. The second-order valence-electron chi connectivity index (χ2n) is 1.44. The molecular formula is C4H9NO2-2. The van der Waals surface area contributed by atoms with Crippen LogP contribution in [0.1, 0.15) is 13.8 Å². The molecule has 0 aromatic carbocycles. The van der Waals surface area contributed by atoms with Crippen molar-refractivity contribution in [1.82, 2.24) is 5.23 Å². The summed E-state index contributed by atoms with van der Waals surface area (Å²) in [6.07, 6.45) is 0.650. The first kappa shape index (κ1) is 6.88. The Balaban J connectivity index is 2.95. The molecule has 7 heavy (non-hydrogen) atoms. The van der Waals surface area contributed by atoms with Gasteiger partial charge < -0.3 is 15.3 Å². The van der Waals surface area contributed by atoms with E-state index in [1.54, 1.807) is 13.8 Å². The van der Waals surface area contributed by atoms with Gasteiger partial charge in [0.2, 0.25) is 0 Å². The Morgan fingerprint density at radius 2 is 2.00 bits per heavy atom. The van der Waals surface area contributed by atoms with Crippen LogP contribution in [0.25, 0.3) is 0 Å². The Labute approximate surface area is 43.4 Å². The van der Waals surface area contributed by atoms with Gasteiger partial charge in [0, 0.05) is 0 Å². The quantitative estimate of drug-likeness (QED) is 0.385. The first-order chi connectivity index (χ1) is 3.13. The van der Waals surface area contributed by atoms with Crippen LogP contribution in [0, 0.1) is 11.3 Å². The standard InChI is InChI=1S/C4H9NO2/c1-4(2)7-5(3)6/h1-3H3/q-2. The Morgan fingerprint density at radius 3 is 2.00 bits per heavy atom. The monoisotopic (exact) mass is 103 g/mol. The molecule has 3 heteroatoms. The van der Waals surface area contributed by atoms with Crippen LogP contribution in [-0.2, 0) is 4.84 Å². The third-order valence-corrected chi connectivity index (χ3v) is 0.311. The Kier molecular flexibility index (Phi) is 2.91. The maximum atomic E-state index is 9.93. The average molecular weight is 103 g/mol. The molecule has 0 aliphatic heterocycles. The van der Waals surface area contributed by atoms with Crippen molar-refractivity contribution >= 4 is 0 Å². The van der Waals surface area contributed by atoms with Crippen LogP contribution >= 0.6 is 0 Å². The lowest BCUT2D eigenvalue weighted by molar-refractivity contribution is -0.0848. The molecule has 44 valence electrons. The maximum absolute atomic E-state index is 9.93. The molecule has 0 aliphatic rings. The molecule has 3 nitrogen and oxygen atoms in total. The van der Waals surface area contributed by atoms with Gasteiger partial charge in [-0.05, 0) is 7.05 Å². The molecule has 0 aliphatic carbocycles. The fourth-order valence-corrected chi connectivity index (χ4v) is 0.257. The highest BCUT2D eigenvalue weighted by atomic mass is 16.9. The molecule has 0 saturated carbocycles. The number of hydroxylamine groups is 2. The van der Waals surface area contributed by atoms with Gasteiger partial charge in [-0.1, -0.05) is 0 Å². The van der Waals surface area contributed by atoms with Crippen molar-refractivity contribution < 1.29 is 4.84 Å². The topological polar surface area (TPSA) is 35.5 Å². The van der Waals surface area contributed by atoms with E-state index in [9.17, 15) is 5.21 Å². The van der Waals surface area contributed by atoms with Crippen LogP contribution in [0.3, 0.4) is 0 Å². The minimum atomic E-state index is 0.412. The molecule has 0 N–H and O–H groups in total. The zero-order valence-corrected chi connectivity index (χ0v) is 4.76. The molecule has 0 amide bonds. The van der Waals surface area contributed by atoms with E-state index < -0.39 is 0 Å². The van der Waals surface area contributed by atoms with Gasteiger partial charge in [-0.2, -0.15) is 20.0 Å². The maximum Gasteiger partial charge on any atom is -0.00411 e. The van der Waals surface area contributed by atoms with Gasteiger partial charge in [-0.3, -0.25) is 0 Å². The molecule has 0 heterocycles. The van der Waals surface area contributed by atoms with E-state index in [1.807, 2.05) is 0 Å². The second-order valence-corrected chi connectivity index (χ2v) is 1.44. The van der Waals surface area contributed by atoms with Gasteiger partial charge in [0.05, 0.1) is 0 Å². The highest BCUT2D eigenvalue weighted by Crippen LogP contribution is 1.97. The number of hydrogen-bond donors (Lipinski definition) is 0. The van der Waals surface area contributed by atoms with Crippen LogP contribution in [0.2, 0.25) is 0 Å². The fraction of sp³-hybridized carbons (Fsp3) is 0.750. The summed E-state index contributed by atoms with van der Waals surface area (Å²) >= 11 is 0. The predicted molar refractivity (Wildman–Crippen MR) is 26.8 cm³/mol. The van der Waals surface area contributed by atoms with Gasteiger partial charge in [0.15, 0.2) is 0 Å². The van der Waals surface area contributed by atoms with Crippen molar-refractivity contribution in [3.8, 4) is 0 Å². The van der Waals surface area contributed by atoms with E-state index in [0.717, 1.165) is 0 Å². The van der Waals surface area contributed by atoms with Crippen LogP contribution in [-0.4, -0.2) is 12.3 Å². The van der Waals surface area contributed by atoms with E-state index in [0.29, 0.717) is 11.3 Å². The molecule has 0 radical (unpaired) electrons. The lowest BCUT2D eigenvalue weighted by Crippen LogP contribution is -2.10. The van der Waals surface area contributed by atoms with E-state index >= 15 is 0 Å². The van der Waals surface area contributed by atoms with Crippen molar-refractivity contribution in [2.45, 2.75) is 13.8 Å². The summed E-state index contributed by atoms with van der Waals surface area (Å²) < 4.78 is 0. The molecule has 0 atom stereocenters. The zero-order valence-electron chi connectivity index (χ0n) is 4.76. The first-order valence-corrected chi connectivity index (χ1v) is 2.02. The van der Waals surface area contributed by atoms with Gasteiger partial charge in [-0.25, -0.2) is 0 Å². The Hall–Kier alpha value is -0.120. The smallest absolute Gasteiger partial charge is 0.00411 e. The third-order valence-electron chi connectivity index (χ3n) is 0.311. The van der Waals surface area contributed by atoms with Gasteiger partial charge in [0.25, 0.3) is 0 Å². The van der Waals surface area contributed by atoms with E-state index in [1.165, 1.54) is 7.05 Å². The largest absolute Gasteiger partial charge is 0.765 e. The lowest BCUT2D eigenvalue weighted by Gasteiger charge is -2.33. The fourth-order valence-electron chi connectivity index (χ4n) is 0.257. The lowest BCUT2D eigenvalue weighted by atomic mass is 10.5. The minimum Gasteiger partial charge on any atom is -0.765 e. The molecule has 0 aromatic heterocycles. The number of nitrogens with zero attached hydrogens (tertiary/aromatic N) is 1. The molecule has 0 fully saturated rings. The highest BCUT2D eigenvalue weighted by molar-refractivity contribution is 4.58. The van der Waals surface area contributed by atoms with Gasteiger partial charge in [-0.15, -0.1) is 0 Å². The number of hydrogen-bond acceptors (Lipinski definition) is 3. The van der Waals surface area contributed by atoms with Crippen molar-refractivity contribution in [2.24, 2.45) is 0 Å². The summed E-state index contributed by atoms with van der Waals surface area (Å²) in [5.74, 6) is 0. The van der Waals surface area contributed by atoms with E-state index in [-0.39, 0.29) is 0 Å². The van der Waals surface area contributed by atoms with Crippen molar-refractivity contribution in [3.05, 3.63) is 11.3 Å². The predicted octanol–water partition coefficient (Wildman–Crippen LogP) is 0.919. The molecular weight excluding hydrogens is 94.0 g/mol. The summed E-state index contributed by atoms with van der Waals surface area (Å²) in [5.41, 5.74) is 0. The SMILES string of the molecule is C[C-](C)ON(C)[O-]. The van der Waals surface area contributed by atoms with Crippen LogP contribution in [0.15, 0.2) is 0 Å². The molecule has 0 saturated heterocycles. The normalized spacial score (nSPS) is 11.1. The van der Waals surface area contributed by atoms with Crippen LogP contribution in [0.5, 0.6) is 0 Å². The summed E-state index contributed by atoms with van der Waals surface area (Å²) in [6.45, 7) is 3.43. The zero-order chi connectivity index (χ0) is 5.86. The minimum absolute atomic E-state index is 0.412. The van der Waals surface area contributed by atoms with Gasteiger partial charge in [0.1, 0.15) is 0 Å². The van der Waals surface area contributed by atoms with E-state index in [2.05, 4.69) is 4.84 Å². The third kappa shape index (κ3) is 5.88. The van der Waals surface area contributed by atoms with E-state index in [4.69, 9.17) is 0 Å². The van der Waals surface area contributed by atoms with Gasteiger partial charge >= 0.3 is 0 Å². The Bertz CT molecular complexity index is 39.0. The Morgan fingerprint density at radius 1 is 1.57 bits per heavy atom. The van der Waals surface area contributed by atoms with Crippen molar-refractivity contribution in [3.63, 3.8) is 0 Å². The highest BCUT2D eigenvalue weighted by Gasteiger charge is 1.71. The van der Waals surface area contributed by atoms with Crippen molar-refractivity contribution in [1.29, 1.82) is 0 Å². The average Bonchev–Trinajstić information content (AvgIpc) is 1.27. The first-order valence-electron chi connectivity index (χ1n) is 2.02.